The van der Waals surface area contributed by atoms with Gasteiger partial charge in [0, 0.05) is 0 Å². The zero-order chi connectivity index (χ0) is 3.58. The Morgan fingerprint density at radius 2 is 1.40 bits per heavy atom. The fourth-order valence-electron chi connectivity index (χ4n) is 0. The van der Waals surface area contributed by atoms with Crippen molar-refractivity contribution in [2.24, 2.45) is 5.73 Å². The van der Waals surface area contributed by atoms with E-state index in [9.17, 15) is 0 Å². The van der Waals surface area contributed by atoms with Crippen LogP contribution in [-0.4, -0.2) is 24.9 Å². The minimum atomic E-state index is 0. The molecule has 0 saturated heterocycles. The molecule has 0 aliphatic heterocycles. The van der Waals surface area contributed by atoms with Gasteiger partial charge in [-0.1, -0.05) is 13.8 Å². The van der Waals surface area contributed by atoms with Gasteiger partial charge in [-0.15, -0.1) is 0 Å². The monoisotopic (exact) mass is 67.1 g/mol. The molecule has 0 saturated carbocycles. The second-order valence-corrected chi connectivity index (χ2v) is 1.24. The summed E-state index contributed by atoms with van der Waals surface area (Å²) in [5.74, 6) is 0. The zero-order valence-corrected chi connectivity index (χ0v) is 3.15. The van der Waals surface area contributed by atoms with Gasteiger partial charge in [-0.05, 0) is 6.04 Å². The summed E-state index contributed by atoms with van der Waals surface area (Å²) >= 11 is 0. The van der Waals surface area contributed by atoms with Crippen molar-refractivity contribution in [3.63, 3.8) is 0 Å². The van der Waals surface area contributed by atoms with Gasteiger partial charge in [0.15, 0.2) is 0 Å². The fourth-order valence-corrected chi connectivity index (χ4v) is 0. The molecule has 1 nitrogen and oxygen atoms in total. The molecule has 0 aliphatic carbocycles. The summed E-state index contributed by atoms with van der Waals surface area (Å²) in [6.45, 7) is 3.89. The van der Waals surface area contributed by atoms with Crippen LogP contribution in [0.2, 0.25) is 0 Å². The van der Waals surface area contributed by atoms with Crippen molar-refractivity contribution in [2.45, 2.75) is 19.9 Å². The molecule has 0 aromatic heterocycles. The molecule has 0 spiro atoms. The van der Waals surface area contributed by atoms with E-state index in [4.69, 9.17) is 5.73 Å². The van der Waals surface area contributed by atoms with Crippen molar-refractivity contribution in [1.82, 2.24) is 0 Å². The molecular formula is C3H10LiN. The average molecular weight is 67.1 g/mol. The second-order valence-electron chi connectivity index (χ2n) is 1.24. The number of hydrogen-bond acceptors (Lipinski definition) is 1. The first-order valence-electron chi connectivity index (χ1n) is 1.49. The quantitative estimate of drug-likeness (QED) is 0.387. The molecule has 0 amide bonds. The number of hydrogen-bond donors (Lipinski definition) is 1. The van der Waals surface area contributed by atoms with Crippen LogP contribution < -0.4 is 5.73 Å². The maximum atomic E-state index is 5.11. The van der Waals surface area contributed by atoms with Gasteiger partial charge in [0.05, 0.1) is 0 Å². The van der Waals surface area contributed by atoms with Crippen molar-refractivity contribution in [2.75, 3.05) is 0 Å². The normalized spacial score (nSPS) is 7.20. The van der Waals surface area contributed by atoms with Crippen LogP contribution in [0.5, 0.6) is 0 Å². The molecule has 2 N–H and O–H groups in total. The van der Waals surface area contributed by atoms with Crippen molar-refractivity contribution < 1.29 is 0 Å². The van der Waals surface area contributed by atoms with Crippen molar-refractivity contribution in [1.29, 1.82) is 0 Å². The SMILES string of the molecule is CC(C)N.[LiH]. The van der Waals surface area contributed by atoms with Crippen LogP contribution in [-0.2, 0) is 0 Å². The van der Waals surface area contributed by atoms with Crippen LogP contribution in [0.1, 0.15) is 13.8 Å². The summed E-state index contributed by atoms with van der Waals surface area (Å²) in [5, 5.41) is 0. The Labute approximate surface area is 45.1 Å². The first-order chi connectivity index (χ1) is 1.73. The van der Waals surface area contributed by atoms with Crippen LogP contribution in [0.15, 0.2) is 0 Å². The van der Waals surface area contributed by atoms with Crippen LogP contribution in [0, 0.1) is 0 Å². The predicted molar refractivity (Wildman–Crippen MR) is 26.5 cm³/mol. The maximum absolute atomic E-state index is 5.11. The Morgan fingerprint density at radius 1 is 1.40 bits per heavy atom. The molecule has 0 bridgehead atoms. The molecule has 0 aliphatic rings. The molecule has 0 fully saturated rings. The Morgan fingerprint density at radius 3 is 1.40 bits per heavy atom. The van der Waals surface area contributed by atoms with E-state index in [1.807, 2.05) is 13.8 Å². The van der Waals surface area contributed by atoms with Gasteiger partial charge in [0.2, 0.25) is 0 Å². The van der Waals surface area contributed by atoms with Gasteiger partial charge in [-0.25, -0.2) is 0 Å². The van der Waals surface area contributed by atoms with Crippen molar-refractivity contribution >= 4 is 18.9 Å². The summed E-state index contributed by atoms with van der Waals surface area (Å²) in [6, 6.07) is 0.333. The van der Waals surface area contributed by atoms with E-state index in [2.05, 4.69) is 0 Å². The summed E-state index contributed by atoms with van der Waals surface area (Å²) in [5.41, 5.74) is 5.11. The third kappa shape index (κ3) is 95.9. The van der Waals surface area contributed by atoms with Gasteiger partial charge in [-0.3, -0.25) is 0 Å². The van der Waals surface area contributed by atoms with E-state index >= 15 is 0 Å². The summed E-state index contributed by atoms with van der Waals surface area (Å²) in [7, 11) is 0. The molecule has 0 aromatic rings. The van der Waals surface area contributed by atoms with Crippen LogP contribution in [0.3, 0.4) is 0 Å². The molecule has 0 atom stereocenters. The molecule has 0 radical (unpaired) electrons. The summed E-state index contributed by atoms with van der Waals surface area (Å²) < 4.78 is 0. The first kappa shape index (κ1) is 9.12. The number of nitrogens with two attached hydrogens (primary N) is 1. The van der Waals surface area contributed by atoms with Crippen molar-refractivity contribution in [3.8, 4) is 0 Å². The molecule has 5 heavy (non-hydrogen) atoms. The summed E-state index contributed by atoms with van der Waals surface area (Å²) in [4.78, 5) is 0. The van der Waals surface area contributed by atoms with E-state index in [-0.39, 0.29) is 18.9 Å². The second kappa shape index (κ2) is 4.56. The van der Waals surface area contributed by atoms with E-state index in [0.29, 0.717) is 6.04 Å². The van der Waals surface area contributed by atoms with E-state index in [1.165, 1.54) is 0 Å². The Hall–Kier alpha value is 0.557. The van der Waals surface area contributed by atoms with E-state index < -0.39 is 0 Å². The predicted octanol–water partition coefficient (Wildman–Crippen LogP) is -0.295. The first-order valence-corrected chi connectivity index (χ1v) is 1.49. The van der Waals surface area contributed by atoms with Gasteiger partial charge in [0.25, 0.3) is 0 Å². The molecular weight excluding hydrogens is 57.0 g/mol. The third-order valence-electron chi connectivity index (χ3n) is 0. The van der Waals surface area contributed by atoms with Gasteiger partial charge >= 0.3 is 18.9 Å². The number of rotatable bonds is 0. The van der Waals surface area contributed by atoms with Gasteiger partial charge in [0.1, 0.15) is 0 Å². The van der Waals surface area contributed by atoms with Crippen LogP contribution in [0.25, 0.3) is 0 Å². The van der Waals surface area contributed by atoms with E-state index in [0.717, 1.165) is 0 Å². The fraction of sp³-hybridized carbons (Fsp3) is 1.00. The molecule has 2 heteroatoms. The molecule has 0 aromatic carbocycles. The van der Waals surface area contributed by atoms with Crippen LogP contribution in [0.4, 0.5) is 0 Å². The molecule has 28 valence electrons. The van der Waals surface area contributed by atoms with Gasteiger partial charge < -0.3 is 5.73 Å². The average Bonchev–Trinajstić information content (AvgIpc) is 0.811. The zero-order valence-electron chi connectivity index (χ0n) is 3.15. The Bertz CT molecular complexity index is 11.6. The van der Waals surface area contributed by atoms with Gasteiger partial charge in [-0.2, -0.15) is 0 Å². The Balaban J connectivity index is 0. The van der Waals surface area contributed by atoms with Crippen molar-refractivity contribution in [3.05, 3.63) is 0 Å². The minimum absolute atomic E-state index is 0. The molecule has 0 unspecified atom stereocenters. The third-order valence-corrected chi connectivity index (χ3v) is 0. The standard InChI is InChI=1S/C3H9N.Li.H/c1-3(2)4;;/h3H,4H2,1-2H3;;. The Kier molecular flexibility index (Phi) is 8.31. The molecule has 0 rings (SSSR count). The summed E-state index contributed by atoms with van der Waals surface area (Å²) in [6.07, 6.45) is 0. The van der Waals surface area contributed by atoms with Crippen LogP contribution >= 0.6 is 0 Å². The molecule has 0 heterocycles. The van der Waals surface area contributed by atoms with E-state index in [1.54, 1.807) is 0 Å². The topological polar surface area (TPSA) is 26.0 Å².